The van der Waals surface area contributed by atoms with E-state index in [2.05, 4.69) is 62.5 Å². The van der Waals surface area contributed by atoms with Gasteiger partial charge in [-0.05, 0) is 0 Å². The van der Waals surface area contributed by atoms with Crippen LogP contribution in [0.4, 0.5) is 0 Å². The van der Waals surface area contributed by atoms with Gasteiger partial charge in [-0.15, -0.1) is 5.54 Å². The highest BCUT2D eigenvalue weighted by Gasteiger charge is 2.08. The third kappa shape index (κ3) is 9.52. The van der Waals surface area contributed by atoms with Crippen molar-refractivity contribution in [2.24, 2.45) is 0 Å². The standard InChI is InChI=1S/C13H21NSi2/c1-15(2,3)11-8-13(7-10-14)9-12-16(4,5)6/h7-8,11H,1-6H3/b11-8+,13-7-. The predicted octanol–water partition coefficient (Wildman–Crippen LogP) is 3.75. The second-order valence-corrected chi connectivity index (χ2v) is 15.7. The van der Waals surface area contributed by atoms with Crippen molar-refractivity contribution in [3.63, 3.8) is 0 Å². The Morgan fingerprint density at radius 1 is 1.06 bits per heavy atom. The second kappa shape index (κ2) is 5.89. The minimum absolute atomic E-state index is 0.840. The van der Waals surface area contributed by atoms with Crippen LogP contribution in [-0.2, 0) is 0 Å². The average Bonchev–Trinajstić information content (AvgIpc) is 2.07. The van der Waals surface area contributed by atoms with Crippen molar-refractivity contribution < 1.29 is 0 Å². The molecule has 0 fully saturated rings. The molecule has 16 heavy (non-hydrogen) atoms. The highest BCUT2D eigenvalue weighted by molar-refractivity contribution is 6.84. The van der Waals surface area contributed by atoms with Gasteiger partial charge in [0.25, 0.3) is 0 Å². The van der Waals surface area contributed by atoms with Crippen molar-refractivity contribution in [1.29, 1.82) is 5.26 Å². The zero-order valence-corrected chi connectivity index (χ0v) is 13.2. The van der Waals surface area contributed by atoms with Gasteiger partial charge in [0.05, 0.1) is 14.1 Å². The molecule has 0 bridgehead atoms. The lowest BCUT2D eigenvalue weighted by Crippen LogP contribution is -2.16. The molecule has 3 heteroatoms. The van der Waals surface area contributed by atoms with Gasteiger partial charge in [-0.25, -0.2) is 0 Å². The van der Waals surface area contributed by atoms with E-state index in [1.54, 1.807) is 0 Å². The van der Waals surface area contributed by atoms with Gasteiger partial charge in [0, 0.05) is 11.6 Å². The van der Waals surface area contributed by atoms with Crippen LogP contribution in [0.1, 0.15) is 0 Å². The summed E-state index contributed by atoms with van der Waals surface area (Å²) in [5.74, 6) is 3.12. The molecule has 0 saturated heterocycles. The second-order valence-electron chi connectivity index (χ2n) is 5.93. The summed E-state index contributed by atoms with van der Waals surface area (Å²) in [6.45, 7) is 13.4. The van der Waals surface area contributed by atoms with Crippen molar-refractivity contribution in [3.8, 4) is 17.5 Å². The van der Waals surface area contributed by atoms with Crippen LogP contribution in [0, 0.1) is 22.8 Å². The Balaban J connectivity index is 4.94. The van der Waals surface area contributed by atoms with E-state index in [4.69, 9.17) is 5.26 Å². The molecule has 0 atom stereocenters. The van der Waals surface area contributed by atoms with E-state index in [9.17, 15) is 0 Å². The van der Waals surface area contributed by atoms with Gasteiger partial charge in [0.1, 0.15) is 8.07 Å². The van der Waals surface area contributed by atoms with Gasteiger partial charge in [-0.1, -0.05) is 57.0 Å². The minimum atomic E-state index is -1.36. The summed E-state index contributed by atoms with van der Waals surface area (Å²) < 4.78 is 0. The van der Waals surface area contributed by atoms with E-state index in [1.807, 2.05) is 6.08 Å². The molecule has 0 radical (unpaired) electrons. The zero-order valence-electron chi connectivity index (χ0n) is 11.2. The molecule has 0 aliphatic rings. The normalized spacial score (nSPS) is 13.2. The molecule has 0 amide bonds. The summed E-state index contributed by atoms with van der Waals surface area (Å²) in [6, 6.07) is 2.06. The molecular formula is C13H21NSi2. The highest BCUT2D eigenvalue weighted by atomic mass is 28.3. The molecule has 0 saturated carbocycles. The lowest BCUT2D eigenvalue weighted by atomic mass is 10.3. The lowest BCUT2D eigenvalue weighted by Gasteiger charge is -2.08. The third-order valence-electron chi connectivity index (χ3n) is 1.56. The molecule has 0 aliphatic heterocycles. The van der Waals surface area contributed by atoms with Crippen LogP contribution in [0.15, 0.2) is 23.4 Å². The van der Waals surface area contributed by atoms with Crippen LogP contribution < -0.4 is 0 Å². The SMILES string of the molecule is C[Si](C)(C)C#CC(=C\C#N)/C=C/[Si](C)(C)C. The smallest absolute Gasteiger partial charge is 0.129 e. The maximum absolute atomic E-state index is 8.69. The van der Waals surface area contributed by atoms with E-state index in [0.29, 0.717) is 0 Å². The van der Waals surface area contributed by atoms with Crippen LogP contribution in [0.3, 0.4) is 0 Å². The molecular weight excluding hydrogens is 226 g/mol. The van der Waals surface area contributed by atoms with Crippen molar-refractivity contribution in [1.82, 2.24) is 0 Å². The summed E-state index contributed by atoms with van der Waals surface area (Å²) >= 11 is 0. The molecule has 0 spiro atoms. The third-order valence-corrected chi connectivity index (χ3v) is 3.61. The molecule has 0 aliphatic carbocycles. The number of rotatable bonds is 2. The molecule has 0 aromatic rings. The van der Waals surface area contributed by atoms with Gasteiger partial charge in [-0.3, -0.25) is 0 Å². The number of nitriles is 1. The number of hydrogen-bond donors (Lipinski definition) is 0. The molecule has 0 unspecified atom stereocenters. The van der Waals surface area contributed by atoms with Crippen LogP contribution in [0.2, 0.25) is 39.3 Å². The van der Waals surface area contributed by atoms with E-state index in [0.717, 1.165) is 5.57 Å². The van der Waals surface area contributed by atoms with Gasteiger partial charge < -0.3 is 0 Å². The molecule has 1 nitrogen and oxygen atoms in total. The molecule has 0 aromatic carbocycles. The molecule has 0 aromatic heterocycles. The summed E-state index contributed by atoms with van der Waals surface area (Å²) in [6.07, 6.45) is 3.53. The van der Waals surface area contributed by atoms with Gasteiger partial charge in [0.15, 0.2) is 0 Å². The van der Waals surface area contributed by atoms with Crippen molar-refractivity contribution in [2.45, 2.75) is 39.3 Å². The average molecular weight is 247 g/mol. The van der Waals surface area contributed by atoms with Crippen molar-refractivity contribution in [3.05, 3.63) is 23.4 Å². The fraction of sp³-hybridized carbons (Fsp3) is 0.462. The zero-order chi connectivity index (χ0) is 12.8. The van der Waals surface area contributed by atoms with Crippen molar-refractivity contribution >= 4 is 16.1 Å². The first-order valence-corrected chi connectivity index (χ1v) is 12.5. The van der Waals surface area contributed by atoms with E-state index >= 15 is 0 Å². The van der Waals surface area contributed by atoms with E-state index in [1.165, 1.54) is 6.08 Å². The topological polar surface area (TPSA) is 23.8 Å². The Morgan fingerprint density at radius 2 is 1.62 bits per heavy atom. The fourth-order valence-electron chi connectivity index (χ4n) is 0.795. The highest BCUT2D eigenvalue weighted by Crippen LogP contribution is 2.06. The maximum atomic E-state index is 8.69. The number of allylic oxidation sites excluding steroid dienone is 3. The number of nitrogens with zero attached hydrogens (tertiary/aromatic N) is 1. The van der Waals surface area contributed by atoms with Gasteiger partial charge >= 0.3 is 0 Å². The quantitative estimate of drug-likeness (QED) is 0.315. The molecule has 0 heterocycles. The van der Waals surface area contributed by atoms with Crippen LogP contribution >= 0.6 is 0 Å². The Kier molecular flexibility index (Phi) is 5.51. The van der Waals surface area contributed by atoms with E-state index in [-0.39, 0.29) is 0 Å². The van der Waals surface area contributed by atoms with Gasteiger partial charge in [0.2, 0.25) is 0 Å². The Morgan fingerprint density at radius 3 is 2.00 bits per heavy atom. The summed E-state index contributed by atoms with van der Waals surface area (Å²) in [5.41, 5.74) is 6.33. The molecule has 86 valence electrons. The summed E-state index contributed by atoms with van der Waals surface area (Å²) in [4.78, 5) is 0. The summed E-state index contributed by atoms with van der Waals surface area (Å²) in [5, 5.41) is 8.69. The summed E-state index contributed by atoms with van der Waals surface area (Å²) in [7, 11) is -2.57. The molecule has 0 N–H and O–H groups in total. The Bertz CT molecular complexity index is 387. The van der Waals surface area contributed by atoms with Crippen LogP contribution in [-0.4, -0.2) is 16.1 Å². The fourth-order valence-corrected chi connectivity index (χ4v) is 1.99. The largest absolute Gasteiger partial charge is 0.193 e. The lowest BCUT2D eigenvalue weighted by molar-refractivity contribution is 1.53. The van der Waals surface area contributed by atoms with Crippen molar-refractivity contribution in [2.75, 3.05) is 0 Å². The van der Waals surface area contributed by atoms with Gasteiger partial charge in [-0.2, -0.15) is 5.26 Å². The number of hydrogen-bond acceptors (Lipinski definition) is 1. The predicted molar refractivity (Wildman–Crippen MR) is 77.3 cm³/mol. The Labute approximate surface area is 102 Å². The van der Waals surface area contributed by atoms with E-state index < -0.39 is 16.1 Å². The first-order chi connectivity index (χ1) is 7.14. The Hall–Kier alpha value is -1.04. The monoisotopic (exact) mass is 247 g/mol. The molecule has 0 rings (SSSR count). The van der Waals surface area contributed by atoms with Crippen LogP contribution in [0.5, 0.6) is 0 Å². The first-order valence-electron chi connectivity index (χ1n) is 5.46. The minimum Gasteiger partial charge on any atom is -0.193 e. The maximum Gasteiger partial charge on any atom is 0.129 e. The van der Waals surface area contributed by atoms with Crippen LogP contribution in [0.25, 0.3) is 0 Å². The first kappa shape index (κ1) is 15.0.